The van der Waals surface area contributed by atoms with Crippen LogP contribution in [0.3, 0.4) is 0 Å². The summed E-state index contributed by atoms with van der Waals surface area (Å²) in [4.78, 5) is 0. The third kappa shape index (κ3) is 3.44. The molecule has 0 amide bonds. The fourth-order valence-electron chi connectivity index (χ4n) is 2.76. The molecule has 2 rings (SSSR count). The molecule has 1 aliphatic carbocycles. The average Bonchev–Trinajstić information content (AvgIpc) is 2.40. The minimum absolute atomic E-state index is 0.148. The van der Waals surface area contributed by atoms with Gasteiger partial charge in [0.2, 0.25) is 0 Å². The molecule has 0 aromatic heterocycles. The maximum atomic E-state index is 12.9. The molecule has 1 aromatic carbocycles. The van der Waals surface area contributed by atoms with Crippen LogP contribution in [0.2, 0.25) is 0 Å². The van der Waals surface area contributed by atoms with Crippen LogP contribution in [0.4, 0.5) is 4.39 Å². The Morgan fingerprint density at radius 1 is 1.28 bits per heavy atom. The largest absolute Gasteiger partial charge is 0.207 e. The number of hydrogen-bond acceptors (Lipinski definition) is 0. The van der Waals surface area contributed by atoms with Crippen molar-refractivity contribution in [2.24, 2.45) is 11.8 Å². The Hall–Kier alpha value is -1.11. The Labute approximate surface area is 110 Å². The van der Waals surface area contributed by atoms with Gasteiger partial charge in [0.25, 0.3) is 0 Å². The summed E-state index contributed by atoms with van der Waals surface area (Å²) in [7, 11) is 0. The lowest BCUT2D eigenvalue weighted by molar-refractivity contribution is 0.362. The maximum Gasteiger partial charge on any atom is 0.123 e. The van der Waals surface area contributed by atoms with Crippen molar-refractivity contribution in [1.82, 2.24) is 0 Å². The molecular formula is C17H23F. The van der Waals surface area contributed by atoms with Gasteiger partial charge in [-0.2, -0.15) is 0 Å². The van der Waals surface area contributed by atoms with E-state index in [0.29, 0.717) is 0 Å². The first-order chi connectivity index (χ1) is 8.69. The number of hydrogen-bond donors (Lipinski definition) is 0. The first-order valence-electron chi connectivity index (χ1n) is 7.14. The molecule has 2 atom stereocenters. The Morgan fingerprint density at radius 2 is 2.00 bits per heavy atom. The Bertz CT molecular complexity index is 402. The highest BCUT2D eigenvalue weighted by Crippen LogP contribution is 2.33. The van der Waals surface area contributed by atoms with Gasteiger partial charge in [-0.25, -0.2) is 4.39 Å². The van der Waals surface area contributed by atoms with Crippen LogP contribution in [-0.2, 0) is 0 Å². The van der Waals surface area contributed by atoms with Crippen molar-refractivity contribution < 1.29 is 4.39 Å². The van der Waals surface area contributed by atoms with E-state index in [0.717, 1.165) is 18.3 Å². The van der Waals surface area contributed by atoms with Crippen molar-refractivity contribution in [1.29, 1.82) is 0 Å². The first kappa shape index (κ1) is 13.3. The van der Waals surface area contributed by atoms with E-state index >= 15 is 0 Å². The number of benzene rings is 1. The lowest BCUT2D eigenvalue weighted by Gasteiger charge is -2.24. The van der Waals surface area contributed by atoms with Crippen molar-refractivity contribution in [3.63, 3.8) is 0 Å². The first-order valence-corrected chi connectivity index (χ1v) is 7.14. The quantitative estimate of drug-likeness (QED) is 0.663. The Balaban J connectivity index is 1.96. The molecule has 0 radical (unpaired) electrons. The second-order valence-electron chi connectivity index (χ2n) is 5.63. The SMILES string of the molecule is CCC(C)CC1CC=C(c2ccc(F)cc2)CC1. The van der Waals surface area contributed by atoms with Gasteiger partial charge < -0.3 is 0 Å². The molecule has 0 heterocycles. The summed E-state index contributed by atoms with van der Waals surface area (Å²) in [5.41, 5.74) is 2.59. The molecule has 0 bridgehead atoms. The maximum absolute atomic E-state index is 12.9. The van der Waals surface area contributed by atoms with Crippen LogP contribution in [0.25, 0.3) is 5.57 Å². The molecule has 0 N–H and O–H groups in total. The van der Waals surface area contributed by atoms with E-state index in [2.05, 4.69) is 19.9 Å². The van der Waals surface area contributed by atoms with E-state index in [9.17, 15) is 4.39 Å². The van der Waals surface area contributed by atoms with Crippen LogP contribution in [0, 0.1) is 17.7 Å². The van der Waals surface area contributed by atoms with Gasteiger partial charge in [-0.3, -0.25) is 0 Å². The summed E-state index contributed by atoms with van der Waals surface area (Å²) in [5.74, 6) is 1.55. The minimum atomic E-state index is -0.148. The summed E-state index contributed by atoms with van der Waals surface area (Å²) in [6.45, 7) is 4.62. The van der Waals surface area contributed by atoms with E-state index in [4.69, 9.17) is 0 Å². The zero-order valence-corrected chi connectivity index (χ0v) is 11.5. The molecule has 0 nitrogen and oxygen atoms in total. The van der Waals surface area contributed by atoms with Crippen molar-refractivity contribution in [3.05, 3.63) is 41.7 Å². The van der Waals surface area contributed by atoms with Crippen LogP contribution >= 0.6 is 0 Å². The zero-order valence-electron chi connectivity index (χ0n) is 11.5. The summed E-state index contributed by atoms with van der Waals surface area (Å²) in [6, 6.07) is 6.91. The second kappa shape index (κ2) is 6.17. The van der Waals surface area contributed by atoms with Gasteiger partial charge in [-0.1, -0.05) is 38.5 Å². The highest BCUT2D eigenvalue weighted by molar-refractivity contribution is 5.66. The molecule has 0 aliphatic heterocycles. The fourth-order valence-corrected chi connectivity index (χ4v) is 2.76. The summed E-state index contributed by atoms with van der Waals surface area (Å²) in [6.07, 6.45) is 8.62. The van der Waals surface area contributed by atoms with Crippen LogP contribution in [0.1, 0.15) is 51.5 Å². The van der Waals surface area contributed by atoms with Gasteiger partial charge in [-0.15, -0.1) is 0 Å². The van der Waals surface area contributed by atoms with Gasteiger partial charge in [-0.05, 0) is 60.8 Å². The molecular weight excluding hydrogens is 223 g/mol. The van der Waals surface area contributed by atoms with E-state index < -0.39 is 0 Å². The summed E-state index contributed by atoms with van der Waals surface area (Å²) < 4.78 is 12.9. The van der Waals surface area contributed by atoms with Crippen LogP contribution in [0.5, 0.6) is 0 Å². The number of allylic oxidation sites excluding steroid dienone is 2. The van der Waals surface area contributed by atoms with Gasteiger partial charge in [0.1, 0.15) is 5.82 Å². The molecule has 0 spiro atoms. The Morgan fingerprint density at radius 3 is 2.56 bits per heavy atom. The third-order valence-corrected chi connectivity index (χ3v) is 4.17. The highest BCUT2D eigenvalue weighted by atomic mass is 19.1. The topological polar surface area (TPSA) is 0 Å². The van der Waals surface area contributed by atoms with E-state index in [-0.39, 0.29) is 5.82 Å². The summed E-state index contributed by atoms with van der Waals surface area (Å²) >= 11 is 0. The third-order valence-electron chi connectivity index (χ3n) is 4.17. The summed E-state index contributed by atoms with van der Waals surface area (Å²) in [5, 5.41) is 0. The van der Waals surface area contributed by atoms with Crippen molar-refractivity contribution >= 4 is 5.57 Å². The van der Waals surface area contributed by atoms with Crippen molar-refractivity contribution in [2.75, 3.05) is 0 Å². The van der Waals surface area contributed by atoms with E-state index in [1.165, 1.54) is 36.8 Å². The standard InChI is InChI=1S/C17H23F/c1-3-13(2)12-14-4-6-15(7-5-14)16-8-10-17(18)11-9-16/h6,8-11,13-14H,3-5,7,12H2,1-2H3. The van der Waals surface area contributed by atoms with Crippen molar-refractivity contribution in [3.8, 4) is 0 Å². The Kier molecular flexibility index (Phi) is 4.57. The van der Waals surface area contributed by atoms with Crippen LogP contribution in [0.15, 0.2) is 30.3 Å². The predicted molar refractivity (Wildman–Crippen MR) is 75.8 cm³/mol. The molecule has 2 unspecified atom stereocenters. The lowest BCUT2D eigenvalue weighted by Crippen LogP contribution is -2.09. The van der Waals surface area contributed by atoms with Crippen LogP contribution < -0.4 is 0 Å². The van der Waals surface area contributed by atoms with Gasteiger partial charge in [0.05, 0.1) is 0 Å². The molecule has 18 heavy (non-hydrogen) atoms. The predicted octanol–water partition coefficient (Wildman–Crippen LogP) is 5.45. The molecule has 1 heteroatoms. The highest BCUT2D eigenvalue weighted by Gasteiger charge is 2.17. The minimum Gasteiger partial charge on any atom is -0.207 e. The average molecular weight is 246 g/mol. The second-order valence-corrected chi connectivity index (χ2v) is 5.63. The monoisotopic (exact) mass is 246 g/mol. The number of halogens is 1. The molecule has 1 aliphatic rings. The van der Waals surface area contributed by atoms with E-state index in [1.807, 2.05) is 12.1 Å². The van der Waals surface area contributed by atoms with Gasteiger partial charge in [0, 0.05) is 0 Å². The van der Waals surface area contributed by atoms with Crippen LogP contribution in [-0.4, -0.2) is 0 Å². The molecule has 0 saturated carbocycles. The molecule has 0 fully saturated rings. The van der Waals surface area contributed by atoms with E-state index in [1.54, 1.807) is 12.1 Å². The normalized spacial score (nSPS) is 21.5. The lowest BCUT2D eigenvalue weighted by atomic mass is 9.81. The number of rotatable bonds is 4. The molecule has 0 saturated heterocycles. The van der Waals surface area contributed by atoms with Gasteiger partial charge >= 0.3 is 0 Å². The van der Waals surface area contributed by atoms with Crippen molar-refractivity contribution in [2.45, 2.75) is 46.0 Å². The molecule has 98 valence electrons. The zero-order chi connectivity index (χ0) is 13.0. The molecule has 1 aromatic rings. The van der Waals surface area contributed by atoms with Gasteiger partial charge in [0.15, 0.2) is 0 Å². The smallest absolute Gasteiger partial charge is 0.123 e. The fraction of sp³-hybridized carbons (Fsp3) is 0.529.